The maximum Gasteiger partial charge on any atom is 0.269 e. The van der Waals surface area contributed by atoms with Gasteiger partial charge in [0.15, 0.2) is 11.5 Å². The monoisotopic (exact) mass is 413 g/mol. The van der Waals surface area contributed by atoms with Crippen LogP contribution in [0.1, 0.15) is 12.0 Å². The number of ether oxygens (including phenoxy) is 2. The van der Waals surface area contributed by atoms with E-state index in [2.05, 4.69) is 0 Å². The number of hydrogen-bond acceptors (Lipinski definition) is 6. The summed E-state index contributed by atoms with van der Waals surface area (Å²) in [6.45, 7) is 0.480. The zero-order valence-corrected chi connectivity index (χ0v) is 17.0. The topological polar surface area (TPSA) is 102 Å². The van der Waals surface area contributed by atoms with E-state index in [1.165, 1.54) is 31.3 Å². The van der Waals surface area contributed by atoms with E-state index in [9.17, 15) is 19.7 Å². The van der Waals surface area contributed by atoms with E-state index in [1.54, 1.807) is 42.3 Å². The fourth-order valence-corrected chi connectivity index (χ4v) is 3.55. The van der Waals surface area contributed by atoms with Gasteiger partial charge in [0.25, 0.3) is 5.69 Å². The van der Waals surface area contributed by atoms with E-state index in [0.29, 0.717) is 22.7 Å². The number of amides is 2. The van der Waals surface area contributed by atoms with Gasteiger partial charge in [0.05, 0.1) is 25.1 Å². The summed E-state index contributed by atoms with van der Waals surface area (Å²) in [6, 6.07) is 11.3. The van der Waals surface area contributed by atoms with Crippen molar-refractivity contribution < 1.29 is 24.0 Å². The molecule has 0 radical (unpaired) electrons. The van der Waals surface area contributed by atoms with Gasteiger partial charge in [0, 0.05) is 50.4 Å². The number of nitrogens with zero attached hydrogens (tertiary/aromatic N) is 3. The molecule has 1 aliphatic rings. The molecule has 0 bridgehead atoms. The van der Waals surface area contributed by atoms with Gasteiger partial charge < -0.3 is 19.3 Å². The van der Waals surface area contributed by atoms with Crippen molar-refractivity contribution in [2.45, 2.75) is 13.0 Å². The Morgan fingerprint density at radius 2 is 1.93 bits per heavy atom. The number of anilines is 1. The van der Waals surface area contributed by atoms with Gasteiger partial charge in [-0.1, -0.05) is 12.1 Å². The van der Waals surface area contributed by atoms with E-state index in [4.69, 9.17) is 9.47 Å². The smallest absolute Gasteiger partial charge is 0.269 e. The first-order chi connectivity index (χ1) is 14.3. The molecule has 0 N–H and O–H groups in total. The third kappa shape index (κ3) is 4.35. The van der Waals surface area contributed by atoms with Crippen LogP contribution in [0.25, 0.3) is 0 Å². The summed E-state index contributed by atoms with van der Waals surface area (Å²) in [5, 5.41) is 10.9. The minimum Gasteiger partial charge on any atom is -0.493 e. The highest BCUT2D eigenvalue weighted by atomic mass is 16.6. The van der Waals surface area contributed by atoms with Gasteiger partial charge in [-0.3, -0.25) is 19.7 Å². The van der Waals surface area contributed by atoms with Crippen molar-refractivity contribution in [1.29, 1.82) is 0 Å². The van der Waals surface area contributed by atoms with Crippen LogP contribution >= 0.6 is 0 Å². The van der Waals surface area contributed by atoms with E-state index in [-0.39, 0.29) is 37.0 Å². The summed E-state index contributed by atoms with van der Waals surface area (Å²) in [6.07, 6.45) is 0.104. The first-order valence-corrected chi connectivity index (χ1v) is 9.34. The normalized spacial score (nSPS) is 15.8. The largest absolute Gasteiger partial charge is 0.493 e. The maximum atomic E-state index is 12.9. The third-order valence-electron chi connectivity index (χ3n) is 5.07. The fraction of sp³-hybridized carbons (Fsp3) is 0.333. The number of rotatable bonds is 7. The Labute approximate surface area is 173 Å². The number of nitro benzene ring substituents is 1. The summed E-state index contributed by atoms with van der Waals surface area (Å²) in [7, 11) is 4.68. The van der Waals surface area contributed by atoms with Crippen LogP contribution in [0.5, 0.6) is 11.5 Å². The Hall–Kier alpha value is -3.62. The quantitative estimate of drug-likeness (QED) is 0.511. The van der Waals surface area contributed by atoms with Crippen molar-refractivity contribution in [2.75, 3.05) is 32.7 Å². The first kappa shape index (κ1) is 21.1. The number of methoxy groups -OCH3 is 2. The van der Waals surface area contributed by atoms with Gasteiger partial charge in [0.2, 0.25) is 11.8 Å². The Kier molecular flexibility index (Phi) is 6.20. The molecule has 1 fully saturated rings. The highest BCUT2D eigenvalue weighted by molar-refractivity contribution is 6.00. The Bertz CT molecular complexity index is 977. The van der Waals surface area contributed by atoms with Gasteiger partial charge in [-0.2, -0.15) is 0 Å². The molecule has 3 rings (SSSR count). The molecule has 1 atom stereocenters. The fourth-order valence-electron chi connectivity index (χ4n) is 3.55. The second-order valence-corrected chi connectivity index (χ2v) is 7.07. The molecule has 1 saturated heterocycles. The highest BCUT2D eigenvalue weighted by Gasteiger charge is 2.36. The van der Waals surface area contributed by atoms with Crippen LogP contribution in [0.3, 0.4) is 0 Å². The summed E-state index contributed by atoms with van der Waals surface area (Å²) in [4.78, 5) is 39.0. The molecule has 2 amide bonds. The SMILES string of the molecule is COc1ccc(N2C[C@H](C(=O)N(C)Cc3cccc([N+](=O)[O-])c3)CC2=O)cc1OC. The second-order valence-electron chi connectivity index (χ2n) is 7.07. The second kappa shape index (κ2) is 8.81. The van der Waals surface area contributed by atoms with E-state index >= 15 is 0 Å². The lowest BCUT2D eigenvalue weighted by Crippen LogP contribution is -2.34. The maximum absolute atomic E-state index is 12.9. The van der Waals surface area contributed by atoms with Crippen LogP contribution in [0.4, 0.5) is 11.4 Å². The van der Waals surface area contributed by atoms with Gasteiger partial charge in [-0.15, -0.1) is 0 Å². The number of carbonyl (C=O) groups excluding carboxylic acids is 2. The standard InChI is InChI=1S/C21H23N3O6/c1-22(12-14-5-4-6-17(9-14)24(27)28)21(26)15-10-20(25)23(13-15)16-7-8-18(29-2)19(11-16)30-3/h4-9,11,15H,10,12-13H2,1-3H3/t15-/m1/s1. The molecule has 30 heavy (non-hydrogen) atoms. The van der Waals surface area contributed by atoms with Crippen molar-refractivity contribution in [1.82, 2.24) is 4.90 Å². The Morgan fingerprint density at radius 1 is 1.20 bits per heavy atom. The molecule has 0 spiro atoms. The van der Waals surface area contributed by atoms with Crippen molar-refractivity contribution in [2.24, 2.45) is 5.92 Å². The van der Waals surface area contributed by atoms with Crippen molar-refractivity contribution in [3.05, 3.63) is 58.1 Å². The number of carbonyl (C=O) groups is 2. The molecule has 2 aromatic rings. The van der Waals surface area contributed by atoms with E-state index in [1.807, 2.05) is 0 Å². The van der Waals surface area contributed by atoms with Crippen LogP contribution in [-0.2, 0) is 16.1 Å². The summed E-state index contributed by atoms with van der Waals surface area (Å²) in [5.41, 5.74) is 1.26. The number of benzene rings is 2. The lowest BCUT2D eigenvalue weighted by Gasteiger charge is -2.22. The van der Waals surface area contributed by atoms with Gasteiger partial charge in [0.1, 0.15) is 0 Å². The molecule has 158 valence electrons. The molecule has 1 aliphatic heterocycles. The number of non-ortho nitro benzene ring substituents is 1. The van der Waals surface area contributed by atoms with Gasteiger partial charge >= 0.3 is 0 Å². The van der Waals surface area contributed by atoms with Crippen LogP contribution < -0.4 is 14.4 Å². The molecule has 0 aliphatic carbocycles. The lowest BCUT2D eigenvalue weighted by atomic mass is 10.1. The van der Waals surface area contributed by atoms with E-state index in [0.717, 1.165) is 0 Å². The average Bonchev–Trinajstić information content (AvgIpc) is 3.14. The van der Waals surface area contributed by atoms with Crippen LogP contribution in [0, 0.1) is 16.0 Å². The van der Waals surface area contributed by atoms with Crippen LogP contribution in [0.15, 0.2) is 42.5 Å². The molecule has 0 saturated carbocycles. The van der Waals surface area contributed by atoms with Crippen molar-refractivity contribution in [3.8, 4) is 11.5 Å². The zero-order chi connectivity index (χ0) is 21.8. The molecule has 2 aromatic carbocycles. The minimum atomic E-state index is -0.491. The van der Waals surface area contributed by atoms with Gasteiger partial charge in [-0.25, -0.2) is 0 Å². The molecule has 1 heterocycles. The number of nitro groups is 1. The molecular weight excluding hydrogens is 390 g/mol. The lowest BCUT2D eigenvalue weighted by molar-refractivity contribution is -0.384. The average molecular weight is 413 g/mol. The summed E-state index contributed by atoms with van der Waals surface area (Å²) in [5.74, 6) is 0.231. The predicted octanol–water partition coefficient (Wildman–Crippen LogP) is 2.62. The van der Waals surface area contributed by atoms with Crippen molar-refractivity contribution in [3.63, 3.8) is 0 Å². The summed E-state index contributed by atoms with van der Waals surface area (Å²) < 4.78 is 10.5. The van der Waals surface area contributed by atoms with E-state index < -0.39 is 10.8 Å². The zero-order valence-electron chi connectivity index (χ0n) is 17.0. The summed E-state index contributed by atoms with van der Waals surface area (Å²) >= 11 is 0. The minimum absolute atomic E-state index is 0.0241. The molecule has 0 aromatic heterocycles. The van der Waals surface area contributed by atoms with Crippen LogP contribution in [-0.4, -0.2) is 49.4 Å². The molecule has 9 nitrogen and oxygen atoms in total. The molecule has 9 heteroatoms. The van der Waals surface area contributed by atoms with Crippen molar-refractivity contribution >= 4 is 23.2 Å². The Balaban J connectivity index is 1.70. The molecular formula is C21H23N3O6. The molecule has 0 unspecified atom stereocenters. The predicted molar refractivity (Wildman–Crippen MR) is 110 cm³/mol. The van der Waals surface area contributed by atoms with Gasteiger partial charge in [-0.05, 0) is 17.7 Å². The first-order valence-electron chi connectivity index (χ1n) is 9.34. The third-order valence-corrected chi connectivity index (χ3v) is 5.07. The number of hydrogen-bond donors (Lipinski definition) is 0. The van der Waals surface area contributed by atoms with Crippen LogP contribution in [0.2, 0.25) is 0 Å². The Morgan fingerprint density at radius 3 is 2.60 bits per heavy atom. The highest BCUT2D eigenvalue weighted by Crippen LogP contribution is 2.34.